The second-order valence-electron chi connectivity index (χ2n) is 3.68. The van der Waals surface area contributed by atoms with E-state index in [4.69, 9.17) is 4.74 Å². The summed E-state index contributed by atoms with van der Waals surface area (Å²) in [6.07, 6.45) is 1.16. The fourth-order valence-corrected chi connectivity index (χ4v) is 1.52. The molecule has 0 heterocycles. The first-order valence-corrected chi connectivity index (χ1v) is 5.74. The van der Waals surface area contributed by atoms with Crippen LogP contribution in [0.15, 0.2) is 24.3 Å². The van der Waals surface area contributed by atoms with Crippen molar-refractivity contribution < 1.29 is 4.74 Å². The first-order chi connectivity index (χ1) is 7.27. The van der Waals surface area contributed by atoms with Crippen molar-refractivity contribution in [2.24, 2.45) is 0 Å². The van der Waals surface area contributed by atoms with E-state index in [0.29, 0.717) is 6.04 Å². The molecule has 0 aromatic heterocycles. The lowest BCUT2D eigenvalue weighted by molar-refractivity contribution is 0.339. The first kappa shape index (κ1) is 12.1. The van der Waals surface area contributed by atoms with Crippen LogP contribution in [0.1, 0.15) is 38.8 Å². The quantitative estimate of drug-likeness (QED) is 0.773. The van der Waals surface area contributed by atoms with Gasteiger partial charge in [-0.05, 0) is 44.5 Å². The number of rotatable bonds is 6. The van der Waals surface area contributed by atoms with Gasteiger partial charge < -0.3 is 10.1 Å². The van der Waals surface area contributed by atoms with Gasteiger partial charge in [0.15, 0.2) is 0 Å². The Morgan fingerprint density at radius 3 is 2.80 bits per heavy atom. The van der Waals surface area contributed by atoms with Crippen LogP contribution in [0.25, 0.3) is 0 Å². The lowest BCUT2D eigenvalue weighted by Gasteiger charge is -2.14. The van der Waals surface area contributed by atoms with Gasteiger partial charge in [-0.25, -0.2) is 0 Å². The maximum atomic E-state index is 5.47. The lowest BCUT2D eigenvalue weighted by Crippen LogP contribution is -2.19. The van der Waals surface area contributed by atoms with Gasteiger partial charge >= 0.3 is 0 Å². The number of nitrogens with one attached hydrogen (secondary N) is 1. The summed E-state index contributed by atoms with van der Waals surface area (Å²) in [5.41, 5.74) is 1.29. The van der Waals surface area contributed by atoms with Crippen molar-refractivity contribution in [2.75, 3.05) is 13.2 Å². The van der Waals surface area contributed by atoms with Crippen molar-refractivity contribution in [3.63, 3.8) is 0 Å². The van der Waals surface area contributed by atoms with E-state index in [1.807, 2.05) is 19.1 Å². The summed E-state index contributed by atoms with van der Waals surface area (Å²) < 4.78 is 5.47. The van der Waals surface area contributed by atoms with Crippen LogP contribution in [-0.2, 0) is 0 Å². The maximum absolute atomic E-state index is 5.47. The van der Waals surface area contributed by atoms with Crippen LogP contribution in [-0.4, -0.2) is 13.2 Å². The monoisotopic (exact) mass is 207 g/mol. The fraction of sp³-hybridized carbons (Fsp3) is 0.538. The van der Waals surface area contributed by atoms with Gasteiger partial charge in [-0.1, -0.05) is 19.1 Å². The molecule has 15 heavy (non-hydrogen) atoms. The van der Waals surface area contributed by atoms with Gasteiger partial charge in [-0.3, -0.25) is 0 Å². The molecule has 0 aliphatic heterocycles. The third-order valence-corrected chi connectivity index (χ3v) is 2.37. The Morgan fingerprint density at radius 2 is 2.13 bits per heavy atom. The van der Waals surface area contributed by atoms with E-state index in [1.165, 1.54) is 5.56 Å². The summed E-state index contributed by atoms with van der Waals surface area (Å²) in [5, 5.41) is 3.46. The highest BCUT2D eigenvalue weighted by molar-refractivity contribution is 5.30. The third kappa shape index (κ3) is 3.92. The molecule has 0 amide bonds. The van der Waals surface area contributed by atoms with Crippen LogP contribution in [0.2, 0.25) is 0 Å². The Kier molecular flexibility index (Phi) is 5.19. The predicted octanol–water partition coefficient (Wildman–Crippen LogP) is 3.15. The molecule has 1 aromatic carbocycles. The molecule has 0 unspecified atom stereocenters. The van der Waals surface area contributed by atoms with E-state index >= 15 is 0 Å². The van der Waals surface area contributed by atoms with E-state index in [9.17, 15) is 0 Å². The maximum Gasteiger partial charge on any atom is 0.119 e. The van der Waals surface area contributed by atoms with Crippen LogP contribution in [0.4, 0.5) is 0 Å². The van der Waals surface area contributed by atoms with Crippen molar-refractivity contribution in [3.05, 3.63) is 29.8 Å². The highest BCUT2D eigenvalue weighted by atomic mass is 16.5. The average molecular weight is 207 g/mol. The average Bonchev–Trinajstić information content (AvgIpc) is 2.27. The smallest absolute Gasteiger partial charge is 0.119 e. The van der Waals surface area contributed by atoms with E-state index in [1.54, 1.807) is 0 Å². The molecule has 0 saturated heterocycles. The normalized spacial score (nSPS) is 12.5. The largest absolute Gasteiger partial charge is 0.494 e. The predicted molar refractivity (Wildman–Crippen MR) is 64.3 cm³/mol. The standard InChI is InChI=1S/C13H21NO/c1-4-9-14-11(3)12-7-6-8-13(10-12)15-5-2/h6-8,10-11,14H,4-5,9H2,1-3H3/t11-/m0/s1. The summed E-state index contributed by atoms with van der Waals surface area (Å²) in [6.45, 7) is 8.14. The topological polar surface area (TPSA) is 21.3 Å². The summed E-state index contributed by atoms with van der Waals surface area (Å²) in [4.78, 5) is 0. The van der Waals surface area contributed by atoms with Crippen molar-refractivity contribution in [1.29, 1.82) is 0 Å². The van der Waals surface area contributed by atoms with Gasteiger partial charge in [0.25, 0.3) is 0 Å². The van der Waals surface area contributed by atoms with Crippen molar-refractivity contribution in [3.8, 4) is 5.75 Å². The molecule has 2 heteroatoms. The molecule has 1 aromatic rings. The zero-order valence-electron chi connectivity index (χ0n) is 9.92. The van der Waals surface area contributed by atoms with Crippen LogP contribution in [0.5, 0.6) is 5.75 Å². The van der Waals surface area contributed by atoms with E-state index < -0.39 is 0 Å². The molecule has 0 fully saturated rings. The number of hydrogen-bond donors (Lipinski definition) is 1. The summed E-state index contributed by atoms with van der Waals surface area (Å²) in [6, 6.07) is 8.68. The SMILES string of the molecule is CCCN[C@@H](C)c1cccc(OCC)c1. The molecule has 1 N–H and O–H groups in total. The Morgan fingerprint density at radius 1 is 1.33 bits per heavy atom. The van der Waals surface area contributed by atoms with Crippen LogP contribution in [0.3, 0.4) is 0 Å². The summed E-state index contributed by atoms with van der Waals surface area (Å²) in [7, 11) is 0. The van der Waals surface area contributed by atoms with E-state index in [0.717, 1.165) is 25.3 Å². The number of benzene rings is 1. The van der Waals surface area contributed by atoms with E-state index in [2.05, 4.69) is 31.3 Å². The van der Waals surface area contributed by atoms with Gasteiger partial charge in [0.05, 0.1) is 6.61 Å². The highest BCUT2D eigenvalue weighted by Gasteiger charge is 2.04. The molecule has 0 saturated carbocycles. The molecular formula is C13H21NO. The summed E-state index contributed by atoms with van der Waals surface area (Å²) >= 11 is 0. The molecular weight excluding hydrogens is 186 g/mol. The minimum Gasteiger partial charge on any atom is -0.494 e. The zero-order valence-corrected chi connectivity index (χ0v) is 9.92. The van der Waals surface area contributed by atoms with E-state index in [-0.39, 0.29) is 0 Å². The Bertz CT molecular complexity index is 286. The Balaban J connectivity index is 2.62. The number of hydrogen-bond acceptors (Lipinski definition) is 2. The Hall–Kier alpha value is -1.02. The minimum atomic E-state index is 0.394. The summed E-state index contributed by atoms with van der Waals surface area (Å²) in [5.74, 6) is 0.958. The first-order valence-electron chi connectivity index (χ1n) is 5.74. The second-order valence-corrected chi connectivity index (χ2v) is 3.68. The third-order valence-electron chi connectivity index (χ3n) is 2.37. The zero-order chi connectivity index (χ0) is 11.1. The van der Waals surface area contributed by atoms with Crippen LogP contribution < -0.4 is 10.1 Å². The minimum absolute atomic E-state index is 0.394. The van der Waals surface area contributed by atoms with Crippen LogP contribution >= 0.6 is 0 Å². The molecule has 1 rings (SSSR count). The lowest BCUT2D eigenvalue weighted by atomic mass is 10.1. The van der Waals surface area contributed by atoms with Gasteiger partial charge in [-0.2, -0.15) is 0 Å². The molecule has 1 atom stereocenters. The van der Waals surface area contributed by atoms with Crippen molar-refractivity contribution in [1.82, 2.24) is 5.32 Å². The number of ether oxygens (including phenoxy) is 1. The van der Waals surface area contributed by atoms with Crippen molar-refractivity contribution >= 4 is 0 Å². The molecule has 0 aliphatic rings. The molecule has 0 bridgehead atoms. The van der Waals surface area contributed by atoms with Gasteiger partial charge in [0.2, 0.25) is 0 Å². The Labute approximate surface area is 92.6 Å². The highest BCUT2D eigenvalue weighted by Crippen LogP contribution is 2.18. The fourth-order valence-electron chi connectivity index (χ4n) is 1.52. The van der Waals surface area contributed by atoms with Gasteiger partial charge in [-0.15, -0.1) is 0 Å². The van der Waals surface area contributed by atoms with Crippen molar-refractivity contribution in [2.45, 2.75) is 33.2 Å². The molecule has 2 nitrogen and oxygen atoms in total. The molecule has 0 aliphatic carbocycles. The molecule has 0 spiro atoms. The van der Waals surface area contributed by atoms with Crippen LogP contribution in [0, 0.1) is 0 Å². The molecule has 84 valence electrons. The molecule has 0 radical (unpaired) electrons. The van der Waals surface area contributed by atoms with Gasteiger partial charge in [0, 0.05) is 6.04 Å². The van der Waals surface area contributed by atoms with Gasteiger partial charge in [0.1, 0.15) is 5.75 Å². The second kappa shape index (κ2) is 6.46.